The zero-order chi connectivity index (χ0) is 15.0. The van der Waals surface area contributed by atoms with Crippen molar-refractivity contribution in [3.63, 3.8) is 0 Å². The van der Waals surface area contributed by atoms with E-state index < -0.39 is 10.3 Å². The average Bonchev–Trinajstić information content (AvgIpc) is 3.03. The molecule has 0 aromatic heterocycles. The van der Waals surface area contributed by atoms with Crippen molar-refractivity contribution in [2.24, 2.45) is 5.92 Å². The summed E-state index contributed by atoms with van der Waals surface area (Å²) in [6.07, 6.45) is 0. The largest absolute Gasteiger partial charge is 0.326 e. The molecule has 0 bridgehead atoms. The van der Waals surface area contributed by atoms with Gasteiger partial charge in [0, 0.05) is 16.6 Å². The molecule has 2 atom stereocenters. The summed E-state index contributed by atoms with van der Waals surface area (Å²) in [7, 11) is 0. The van der Waals surface area contributed by atoms with Crippen molar-refractivity contribution < 1.29 is 4.79 Å². The van der Waals surface area contributed by atoms with Crippen LogP contribution in [-0.4, -0.2) is 10.2 Å². The molecular formula is C16H12Cl3NO. The molecule has 1 amide bonds. The number of hydrogen-bond acceptors (Lipinski definition) is 1. The minimum Gasteiger partial charge on any atom is -0.326 e. The van der Waals surface area contributed by atoms with Crippen LogP contribution < -0.4 is 5.32 Å². The van der Waals surface area contributed by atoms with E-state index in [0.717, 1.165) is 5.56 Å². The van der Waals surface area contributed by atoms with Crippen molar-refractivity contribution in [3.05, 3.63) is 65.2 Å². The Bertz CT molecular complexity index is 672. The summed E-state index contributed by atoms with van der Waals surface area (Å²) in [6, 6.07) is 16.6. The highest BCUT2D eigenvalue weighted by Crippen LogP contribution is 2.65. The third-order valence-corrected chi connectivity index (χ3v) is 4.76. The molecule has 3 rings (SSSR count). The lowest BCUT2D eigenvalue weighted by atomic mass is 10.1. The van der Waals surface area contributed by atoms with Crippen LogP contribution in [0.4, 0.5) is 5.69 Å². The van der Waals surface area contributed by atoms with Crippen LogP contribution in [0.25, 0.3) is 0 Å². The summed E-state index contributed by atoms with van der Waals surface area (Å²) < 4.78 is -1.07. The Hall–Kier alpha value is -1.22. The highest BCUT2D eigenvalue weighted by Gasteiger charge is 2.67. The topological polar surface area (TPSA) is 29.1 Å². The third-order valence-electron chi connectivity index (χ3n) is 3.59. The summed E-state index contributed by atoms with van der Waals surface area (Å²) in [5, 5.41) is 3.37. The summed E-state index contributed by atoms with van der Waals surface area (Å²) in [5.41, 5.74) is 1.60. The summed E-state index contributed by atoms with van der Waals surface area (Å²) in [5.74, 6) is -0.862. The smallest absolute Gasteiger partial charge is 0.231 e. The van der Waals surface area contributed by atoms with Gasteiger partial charge in [0.05, 0.1) is 5.92 Å². The summed E-state index contributed by atoms with van der Waals surface area (Å²) >= 11 is 18.5. The SMILES string of the molecule is O=C(Nc1cccc(Cl)c1)[C@@H]1[C@H](c2ccccc2)C1(Cl)Cl. The molecule has 0 unspecified atom stereocenters. The first kappa shape index (κ1) is 14.7. The second kappa shape index (κ2) is 5.53. The van der Waals surface area contributed by atoms with Crippen molar-refractivity contribution in [1.82, 2.24) is 0 Å². The Balaban J connectivity index is 1.77. The molecule has 0 saturated heterocycles. The van der Waals surface area contributed by atoms with Gasteiger partial charge < -0.3 is 5.32 Å². The molecule has 2 nitrogen and oxygen atoms in total. The fourth-order valence-electron chi connectivity index (χ4n) is 2.51. The molecule has 1 N–H and O–H groups in total. The molecule has 2 aromatic carbocycles. The molecule has 1 fully saturated rings. The number of benzene rings is 2. The predicted molar refractivity (Wildman–Crippen MR) is 87.2 cm³/mol. The van der Waals surface area contributed by atoms with Gasteiger partial charge in [0.1, 0.15) is 4.33 Å². The highest BCUT2D eigenvalue weighted by atomic mass is 35.5. The van der Waals surface area contributed by atoms with Gasteiger partial charge in [0.25, 0.3) is 0 Å². The summed E-state index contributed by atoms with van der Waals surface area (Å²) in [4.78, 5) is 12.4. The maximum Gasteiger partial charge on any atom is 0.231 e. The first-order valence-corrected chi connectivity index (χ1v) is 7.63. The van der Waals surface area contributed by atoms with Crippen LogP contribution in [0.5, 0.6) is 0 Å². The van der Waals surface area contributed by atoms with Crippen LogP contribution in [0.15, 0.2) is 54.6 Å². The summed E-state index contributed by atoms with van der Waals surface area (Å²) in [6.45, 7) is 0. The van der Waals surface area contributed by atoms with Gasteiger partial charge in [-0.2, -0.15) is 0 Å². The van der Waals surface area contributed by atoms with Gasteiger partial charge in [-0.1, -0.05) is 48.0 Å². The van der Waals surface area contributed by atoms with E-state index in [1.165, 1.54) is 0 Å². The van der Waals surface area contributed by atoms with E-state index in [1.54, 1.807) is 24.3 Å². The van der Waals surface area contributed by atoms with E-state index in [0.29, 0.717) is 10.7 Å². The van der Waals surface area contributed by atoms with E-state index >= 15 is 0 Å². The Morgan fingerprint density at radius 2 is 1.76 bits per heavy atom. The third kappa shape index (κ3) is 2.89. The number of carbonyl (C=O) groups excluding carboxylic acids is 1. The molecule has 2 aromatic rings. The predicted octanol–water partition coefficient (Wildman–Crippen LogP) is 4.87. The lowest BCUT2D eigenvalue weighted by molar-refractivity contribution is -0.117. The number of nitrogens with one attached hydrogen (secondary N) is 1. The molecule has 1 aliphatic rings. The molecule has 0 heterocycles. The number of anilines is 1. The van der Waals surface area contributed by atoms with E-state index in [1.807, 2.05) is 30.3 Å². The van der Waals surface area contributed by atoms with Gasteiger partial charge in [0.2, 0.25) is 5.91 Å². The van der Waals surface area contributed by atoms with E-state index in [2.05, 4.69) is 5.32 Å². The van der Waals surface area contributed by atoms with Gasteiger partial charge in [-0.15, -0.1) is 23.2 Å². The quantitative estimate of drug-likeness (QED) is 0.794. The normalized spacial score (nSPS) is 22.6. The van der Waals surface area contributed by atoms with Gasteiger partial charge in [-0.25, -0.2) is 0 Å². The zero-order valence-electron chi connectivity index (χ0n) is 10.9. The van der Waals surface area contributed by atoms with Crippen molar-refractivity contribution in [2.75, 3.05) is 5.32 Å². The van der Waals surface area contributed by atoms with Crippen LogP contribution in [0.3, 0.4) is 0 Å². The first-order chi connectivity index (χ1) is 10.00. The molecule has 1 saturated carbocycles. The van der Waals surface area contributed by atoms with Crippen LogP contribution in [0.2, 0.25) is 5.02 Å². The zero-order valence-corrected chi connectivity index (χ0v) is 13.2. The molecule has 0 spiro atoms. The molecular weight excluding hydrogens is 329 g/mol. The molecule has 21 heavy (non-hydrogen) atoms. The number of hydrogen-bond donors (Lipinski definition) is 1. The van der Waals surface area contributed by atoms with E-state index in [4.69, 9.17) is 34.8 Å². The fraction of sp³-hybridized carbons (Fsp3) is 0.188. The van der Waals surface area contributed by atoms with Gasteiger partial charge in [-0.05, 0) is 23.8 Å². The van der Waals surface area contributed by atoms with Gasteiger partial charge in [0.15, 0.2) is 0 Å². The Kier molecular flexibility index (Phi) is 3.87. The lowest BCUT2D eigenvalue weighted by Crippen LogP contribution is -2.17. The lowest BCUT2D eigenvalue weighted by Gasteiger charge is -2.05. The van der Waals surface area contributed by atoms with Crippen LogP contribution in [0, 0.1) is 5.92 Å². The Labute approximate surface area is 138 Å². The average molecular weight is 341 g/mol. The van der Waals surface area contributed by atoms with Crippen molar-refractivity contribution in [1.29, 1.82) is 0 Å². The first-order valence-electron chi connectivity index (χ1n) is 6.49. The molecule has 1 aliphatic carbocycles. The van der Waals surface area contributed by atoms with Crippen LogP contribution in [0.1, 0.15) is 11.5 Å². The molecule has 108 valence electrons. The fourth-order valence-corrected chi connectivity index (χ4v) is 3.53. The number of rotatable bonds is 3. The highest BCUT2D eigenvalue weighted by molar-refractivity contribution is 6.53. The monoisotopic (exact) mass is 339 g/mol. The maximum absolute atomic E-state index is 12.4. The van der Waals surface area contributed by atoms with Crippen LogP contribution in [-0.2, 0) is 4.79 Å². The minimum atomic E-state index is -1.07. The van der Waals surface area contributed by atoms with Gasteiger partial charge >= 0.3 is 0 Å². The number of carbonyl (C=O) groups is 1. The number of amides is 1. The number of halogens is 3. The van der Waals surface area contributed by atoms with E-state index in [9.17, 15) is 4.79 Å². The molecule has 5 heteroatoms. The van der Waals surface area contributed by atoms with Crippen molar-refractivity contribution in [2.45, 2.75) is 10.3 Å². The molecule has 0 aliphatic heterocycles. The Morgan fingerprint density at radius 1 is 1.05 bits per heavy atom. The van der Waals surface area contributed by atoms with Gasteiger partial charge in [-0.3, -0.25) is 4.79 Å². The molecule has 0 radical (unpaired) electrons. The van der Waals surface area contributed by atoms with Crippen molar-refractivity contribution in [3.8, 4) is 0 Å². The second-order valence-electron chi connectivity index (χ2n) is 5.04. The maximum atomic E-state index is 12.4. The Morgan fingerprint density at radius 3 is 2.43 bits per heavy atom. The minimum absolute atomic E-state index is 0.193. The van der Waals surface area contributed by atoms with Crippen molar-refractivity contribution >= 4 is 46.4 Å². The standard InChI is InChI=1S/C16H12Cl3NO/c17-11-7-4-8-12(9-11)20-15(21)14-13(16(14,18)19)10-5-2-1-3-6-10/h1-9,13-14H,(H,20,21)/t13-,14-/m0/s1. The number of alkyl halides is 2. The second-order valence-corrected chi connectivity index (χ2v) is 6.92. The van der Waals surface area contributed by atoms with E-state index in [-0.39, 0.29) is 11.8 Å². The van der Waals surface area contributed by atoms with Crippen LogP contribution >= 0.6 is 34.8 Å².